The number of esters is 1. The number of benzene rings is 2. The summed E-state index contributed by atoms with van der Waals surface area (Å²) < 4.78 is 24.4. The Hall–Kier alpha value is -4.01. The van der Waals surface area contributed by atoms with Crippen LogP contribution in [-0.2, 0) is 22.6 Å². The van der Waals surface area contributed by atoms with E-state index in [1.54, 1.807) is 12.1 Å². The van der Waals surface area contributed by atoms with Crippen LogP contribution in [0.5, 0.6) is 5.75 Å². The molecule has 0 unspecified atom stereocenters. The van der Waals surface area contributed by atoms with Crippen molar-refractivity contribution >= 4 is 11.9 Å². The number of aromatic nitrogens is 2. The molecule has 1 N–H and O–H groups in total. The zero-order valence-electron chi connectivity index (χ0n) is 16.5. The quantitative estimate of drug-likeness (QED) is 0.526. The van der Waals surface area contributed by atoms with Gasteiger partial charge in [-0.05, 0) is 35.9 Å². The number of nitrogens with one attached hydrogen (secondary N) is 1. The van der Waals surface area contributed by atoms with Crippen LogP contribution in [0.4, 0.5) is 4.39 Å². The zero-order chi connectivity index (χ0) is 22.1. The van der Waals surface area contributed by atoms with Gasteiger partial charge in [0.25, 0.3) is 11.5 Å². The lowest BCUT2D eigenvalue weighted by molar-refractivity contribution is -0.124. The Morgan fingerprint density at radius 3 is 2.48 bits per heavy atom. The average molecular weight is 425 g/mol. The molecule has 160 valence electrons. The lowest BCUT2D eigenvalue weighted by Gasteiger charge is -2.09. The van der Waals surface area contributed by atoms with Gasteiger partial charge in [-0.25, -0.2) is 13.9 Å². The van der Waals surface area contributed by atoms with E-state index in [1.165, 1.54) is 36.4 Å². The van der Waals surface area contributed by atoms with E-state index < -0.39 is 24.0 Å². The first-order valence-corrected chi connectivity index (χ1v) is 9.45. The Kier molecular flexibility index (Phi) is 7.47. The molecule has 1 heterocycles. The molecule has 3 rings (SSSR count). The van der Waals surface area contributed by atoms with E-state index in [0.29, 0.717) is 11.3 Å². The van der Waals surface area contributed by atoms with Gasteiger partial charge >= 0.3 is 5.97 Å². The average Bonchev–Trinajstić information content (AvgIpc) is 2.79. The van der Waals surface area contributed by atoms with Crippen LogP contribution < -0.4 is 15.6 Å². The summed E-state index contributed by atoms with van der Waals surface area (Å²) in [5.41, 5.74) is 0.198. The SMILES string of the molecule is O=C(COC(=O)c1ccc(=O)n(CCOc2ccccc2)n1)NCc1ccc(F)cc1. The maximum absolute atomic E-state index is 12.9. The maximum atomic E-state index is 12.9. The number of amides is 1. The van der Waals surface area contributed by atoms with Crippen LogP contribution >= 0.6 is 0 Å². The van der Waals surface area contributed by atoms with Crippen molar-refractivity contribution in [2.45, 2.75) is 13.1 Å². The highest BCUT2D eigenvalue weighted by Gasteiger charge is 2.13. The predicted octanol–water partition coefficient (Wildman–Crippen LogP) is 1.93. The van der Waals surface area contributed by atoms with Gasteiger partial charge in [0, 0.05) is 12.6 Å². The monoisotopic (exact) mass is 425 g/mol. The van der Waals surface area contributed by atoms with Gasteiger partial charge in [-0.1, -0.05) is 30.3 Å². The minimum absolute atomic E-state index is 0.106. The maximum Gasteiger partial charge on any atom is 0.359 e. The molecule has 1 aromatic heterocycles. The van der Waals surface area contributed by atoms with E-state index in [-0.39, 0.29) is 31.2 Å². The van der Waals surface area contributed by atoms with Crippen LogP contribution in [0, 0.1) is 5.82 Å². The first-order valence-electron chi connectivity index (χ1n) is 9.45. The Morgan fingerprint density at radius 1 is 1.00 bits per heavy atom. The molecular weight excluding hydrogens is 405 g/mol. The molecule has 0 spiro atoms. The smallest absolute Gasteiger partial charge is 0.359 e. The van der Waals surface area contributed by atoms with Crippen molar-refractivity contribution in [1.29, 1.82) is 0 Å². The molecule has 8 nitrogen and oxygen atoms in total. The molecule has 3 aromatic rings. The van der Waals surface area contributed by atoms with Gasteiger partial charge in [-0.2, -0.15) is 5.10 Å². The first-order chi connectivity index (χ1) is 15.0. The van der Waals surface area contributed by atoms with Crippen LogP contribution in [-0.4, -0.2) is 34.9 Å². The second kappa shape index (κ2) is 10.7. The number of ether oxygens (including phenoxy) is 2. The van der Waals surface area contributed by atoms with E-state index in [2.05, 4.69) is 10.4 Å². The molecule has 0 aliphatic carbocycles. The summed E-state index contributed by atoms with van der Waals surface area (Å²) in [6.07, 6.45) is 0. The third-order valence-corrected chi connectivity index (χ3v) is 4.13. The zero-order valence-corrected chi connectivity index (χ0v) is 16.5. The highest BCUT2D eigenvalue weighted by Crippen LogP contribution is 2.08. The van der Waals surface area contributed by atoms with Crippen molar-refractivity contribution in [3.05, 3.63) is 94.2 Å². The Morgan fingerprint density at radius 2 is 1.74 bits per heavy atom. The van der Waals surface area contributed by atoms with Crippen molar-refractivity contribution in [2.24, 2.45) is 0 Å². The number of rotatable bonds is 9. The molecule has 0 bridgehead atoms. The van der Waals surface area contributed by atoms with Gasteiger partial charge in [0.05, 0.1) is 6.54 Å². The third kappa shape index (κ3) is 6.77. The topological polar surface area (TPSA) is 99.5 Å². The molecule has 0 saturated carbocycles. The Balaban J connectivity index is 1.48. The number of carbonyl (C=O) groups is 2. The largest absolute Gasteiger partial charge is 0.492 e. The molecule has 1 amide bonds. The molecular formula is C22H20FN3O5. The van der Waals surface area contributed by atoms with Gasteiger partial charge in [-0.15, -0.1) is 0 Å². The summed E-state index contributed by atoms with van der Waals surface area (Å²) in [5, 5.41) is 6.52. The van der Waals surface area contributed by atoms with Crippen LogP contribution in [0.2, 0.25) is 0 Å². The number of para-hydroxylation sites is 1. The van der Waals surface area contributed by atoms with Crippen LogP contribution in [0.25, 0.3) is 0 Å². The number of halogens is 1. The van der Waals surface area contributed by atoms with Gasteiger partial charge in [-0.3, -0.25) is 9.59 Å². The molecule has 0 aliphatic rings. The fourth-order valence-electron chi connectivity index (χ4n) is 2.54. The van der Waals surface area contributed by atoms with E-state index in [9.17, 15) is 18.8 Å². The van der Waals surface area contributed by atoms with Crippen molar-refractivity contribution < 1.29 is 23.5 Å². The van der Waals surface area contributed by atoms with Crippen molar-refractivity contribution in [2.75, 3.05) is 13.2 Å². The van der Waals surface area contributed by atoms with Crippen molar-refractivity contribution in [3.8, 4) is 5.75 Å². The lowest BCUT2D eigenvalue weighted by Crippen LogP contribution is -2.30. The summed E-state index contributed by atoms with van der Waals surface area (Å²) in [5.74, 6) is -1.08. The fourth-order valence-corrected chi connectivity index (χ4v) is 2.54. The Bertz CT molecular complexity index is 1080. The van der Waals surface area contributed by atoms with Gasteiger partial charge in [0.15, 0.2) is 12.3 Å². The molecule has 0 saturated heterocycles. The van der Waals surface area contributed by atoms with Crippen LogP contribution in [0.15, 0.2) is 71.5 Å². The number of hydrogen-bond acceptors (Lipinski definition) is 6. The van der Waals surface area contributed by atoms with E-state index in [0.717, 1.165) is 4.68 Å². The summed E-state index contributed by atoms with van der Waals surface area (Å²) in [6, 6.07) is 17.1. The standard InChI is InChI=1S/C22H20FN3O5/c23-17-8-6-16(7-9-17)14-24-20(27)15-31-22(29)19-10-11-21(28)26(25-19)12-13-30-18-4-2-1-3-5-18/h1-11H,12-15H2,(H,24,27). The normalized spacial score (nSPS) is 10.4. The summed E-state index contributed by atoms with van der Waals surface area (Å²) >= 11 is 0. The second-order valence-electron chi connectivity index (χ2n) is 6.42. The minimum atomic E-state index is -0.838. The fraction of sp³-hybridized carbons (Fsp3) is 0.182. The number of carbonyl (C=O) groups excluding carboxylic acids is 2. The second-order valence-corrected chi connectivity index (χ2v) is 6.42. The van der Waals surface area contributed by atoms with Crippen molar-refractivity contribution in [3.63, 3.8) is 0 Å². The predicted molar refractivity (Wildman–Crippen MR) is 109 cm³/mol. The minimum Gasteiger partial charge on any atom is -0.492 e. The van der Waals surface area contributed by atoms with Crippen LogP contribution in [0.1, 0.15) is 16.1 Å². The number of nitrogens with zero attached hydrogens (tertiary/aromatic N) is 2. The molecule has 0 radical (unpaired) electrons. The summed E-state index contributed by atoms with van der Waals surface area (Å²) in [6.45, 7) is -0.0343. The Labute approximate surface area is 177 Å². The molecule has 2 aromatic carbocycles. The van der Waals surface area contributed by atoms with E-state index >= 15 is 0 Å². The molecule has 0 fully saturated rings. The van der Waals surface area contributed by atoms with E-state index in [1.807, 2.05) is 18.2 Å². The molecule has 9 heteroatoms. The molecule has 0 atom stereocenters. The van der Waals surface area contributed by atoms with Gasteiger partial charge < -0.3 is 14.8 Å². The van der Waals surface area contributed by atoms with Gasteiger partial charge in [0.2, 0.25) is 0 Å². The molecule has 0 aliphatic heterocycles. The summed E-state index contributed by atoms with van der Waals surface area (Å²) in [7, 11) is 0. The lowest BCUT2D eigenvalue weighted by atomic mass is 10.2. The third-order valence-electron chi connectivity index (χ3n) is 4.13. The highest BCUT2D eigenvalue weighted by molar-refractivity contribution is 5.89. The molecule has 31 heavy (non-hydrogen) atoms. The highest BCUT2D eigenvalue weighted by atomic mass is 19.1. The van der Waals surface area contributed by atoms with Gasteiger partial charge in [0.1, 0.15) is 18.2 Å². The first kappa shape index (κ1) is 21.7. The number of hydrogen-bond donors (Lipinski definition) is 1. The summed E-state index contributed by atoms with van der Waals surface area (Å²) in [4.78, 5) is 36.0. The van der Waals surface area contributed by atoms with Crippen molar-refractivity contribution in [1.82, 2.24) is 15.1 Å². The van der Waals surface area contributed by atoms with Crippen LogP contribution in [0.3, 0.4) is 0 Å². The van der Waals surface area contributed by atoms with E-state index in [4.69, 9.17) is 9.47 Å².